The molecule has 0 bridgehead atoms. The Bertz CT molecular complexity index is 924. The Kier molecular flexibility index (Phi) is 6.25. The van der Waals surface area contributed by atoms with Crippen molar-refractivity contribution in [1.82, 2.24) is 15.2 Å². The van der Waals surface area contributed by atoms with Crippen LogP contribution in [0.2, 0.25) is 0 Å². The van der Waals surface area contributed by atoms with Gasteiger partial charge in [-0.25, -0.2) is 9.59 Å². The van der Waals surface area contributed by atoms with E-state index in [-0.39, 0.29) is 6.42 Å². The largest absolute Gasteiger partial charge is 0.480 e. The standard InChI is InChI=1S/C21H29N3O5/c1-20(2,3)29-19(28)23-21(4,5)18(27)22-15(17(25)26)11-13-12-24(6)16-10-8-7-9-14(13)16/h7-10,12,15H,11H2,1-6H3,(H,22,27)(H,23,28)(H,25,26)/t15-/m1/s1. The van der Waals surface area contributed by atoms with Gasteiger partial charge in [-0.15, -0.1) is 0 Å². The molecule has 2 amide bonds. The van der Waals surface area contributed by atoms with Gasteiger partial charge in [-0.3, -0.25) is 4.79 Å². The van der Waals surface area contributed by atoms with Gasteiger partial charge in [0, 0.05) is 30.6 Å². The normalized spacial score (nSPS) is 13.0. The van der Waals surface area contributed by atoms with Gasteiger partial charge in [0.15, 0.2) is 0 Å². The minimum Gasteiger partial charge on any atom is -0.480 e. The number of para-hydroxylation sites is 1. The zero-order chi connectivity index (χ0) is 22.0. The van der Waals surface area contributed by atoms with Crippen molar-refractivity contribution >= 4 is 28.9 Å². The lowest BCUT2D eigenvalue weighted by molar-refractivity contribution is -0.142. The van der Waals surface area contributed by atoms with Gasteiger partial charge in [-0.1, -0.05) is 18.2 Å². The van der Waals surface area contributed by atoms with Crippen molar-refractivity contribution < 1.29 is 24.2 Å². The molecule has 1 aromatic heterocycles. The summed E-state index contributed by atoms with van der Waals surface area (Å²) in [6.45, 7) is 8.12. The van der Waals surface area contributed by atoms with E-state index in [9.17, 15) is 19.5 Å². The van der Waals surface area contributed by atoms with E-state index < -0.39 is 35.2 Å². The fourth-order valence-corrected chi connectivity index (χ4v) is 2.96. The second kappa shape index (κ2) is 8.14. The molecule has 0 fully saturated rings. The minimum absolute atomic E-state index is 0.116. The second-order valence-corrected chi connectivity index (χ2v) is 8.60. The molecular formula is C21H29N3O5. The van der Waals surface area contributed by atoms with Gasteiger partial charge in [0.25, 0.3) is 0 Å². The average Bonchev–Trinajstić information content (AvgIpc) is 2.88. The Morgan fingerprint density at radius 2 is 1.76 bits per heavy atom. The number of hydrogen-bond acceptors (Lipinski definition) is 4. The highest BCUT2D eigenvalue weighted by Gasteiger charge is 2.34. The predicted octanol–water partition coefficient (Wildman–Crippen LogP) is 2.59. The molecule has 158 valence electrons. The van der Waals surface area contributed by atoms with Crippen molar-refractivity contribution in [3.8, 4) is 0 Å². The zero-order valence-electron chi connectivity index (χ0n) is 17.7. The summed E-state index contributed by atoms with van der Waals surface area (Å²) < 4.78 is 7.09. The predicted molar refractivity (Wildman–Crippen MR) is 110 cm³/mol. The SMILES string of the molecule is Cn1cc(C[C@@H](NC(=O)C(C)(C)NC(=O)OC(C)(C)C)C(=O)O)c2ccccc21. The number of hydrogen-bond donors (Lipinski definition) is 3. The summed E-state index contributed by atoms with van der Waals surface area (Å²) in [4.78, 5) is 36.5. The molecule has 2 aromatic rings. The number of benzene rings is 1. The van der Waals surface area contributed by atoms with Gasteiger partial charge in [-0.05, 0) is 46.2 Å². The first-order chi connectivity index (χ1) is 13.3. The molecule has 2 rings (SSSR count). The van der Waals surface area contributed by atoms with Crippen molar-refractivity contribution in [2.75, 3.05) is 0 Å². The number of fused-ring (bicyclic) bond motifs is 1. The maximum absolute atomic E-state index is 12.7. The Balaban J connectivity index is 2.14. The molecule has 1 aromatic carbocycles. The molecule has 3 N–H and O–H groups in total. The minimum atomic E-state index is -1.35. The molecule has 0 saturated heterocycles. The van der Waals surface area contributed by atoms with E-state index in [1.165, 1.54) is 13.8 Å². The zero-order valence-corrected chi connectivity index (χ0v) is 17.7. The third-order valence-corrected chi connectivity index (χ3v) is 4.39. The van der Waals surface area contributed by atoms with Gasteiger partial charge in [-0.2, -0.15) is 0 Å². The number of carboxylic acids is 1. The van der Waals surface area contributed by atoms with E-state index in [0.717, 1.165) is 16.5 Å². The molecular weight excluding hydrogens is 374 g/mol. The third-order valence-electron chi connectivity index (χ3n) is 4.39. The van der Waals surface area contributed by atoms with Crippen LogP contribution in [0.4, 0.5) is 4.79 Å². The fourth-order valence-electron chi connectivity index (χ4n) is 2.96. The number of nitrogens with one attached hydrogen (secondary N) is 2. The number of carboxylic acid groups (broad SMARTS) is 1. The van der Waals surface area contributed by atoms with Gasteiger partial charge in [0.1, 0.15) is 17.2 Å². The molecule has 0 saturated carbocycles. The number of ether oxygens (including phenoxy) is 1. The molecule has 0 aliphatic heterocycles. The lowest BCUT2D eigenvalue weighted by Gasteiger charge is -2.29. The van der Waals surface area contributed by atoms with Crippen LogP contribution < -0.4 is 10.6 Å². The number of nitrogens with zero attached hydrogens (tertiary/aromatic N) is 1. The van der Waals surface area contributed by atoms with E-state index in [1.807, 2.05) is 42.1 Å². The van der Waals surface area contributed by atoms with Crippen molar-refractivity contribution in [2.24, 2.45) is 7.05 Å². The van der Waals surface area contributed by atoms with Crippen LogP contribution in [0.25, 0.3) is 10.9 Å². The maximum Gasteiger partial charge on any atom is 0.408 e. The van der Waals surface area contributed by atoms with E-state index in [4.69, 9.17) is 4.74 Å². The topological polar surface area (TPSA) is 110 Å². The van der Waals surface area contributed by atoms with E-state index in [0.29, 0.717) is 0 Å². The summed E-state index contributed by atoms with van der Waals surface area (Å²) in [6, 6.07) is 6.51. The Hall–Kier alpha value is -3.03. The highest BCUT2D eigenvalue weighted by atomic mass is 16.6. The van der Waals surface area contributed by atoms with Gasteiger partial charge in [0.2, 0.25) is 5.91 Å². The summed E-state index contributed by atoms with van der Waals surface area (Å²) in [7, 11) is 1.88. The van der Waals surface area contributed by atoms with Crippen molar-refractivity contribution in [1.29, 1.82) is 0 Å². The monoisotopic (exact) mass is 403 g/mol. The summed E-state index contributed by atoms with van der Waals surface area (Å²) in [6.07, 6.45) is 1.22. The third kappa shape index (κ3) is 5.73. The first-order valence-corrected chi connectivity index (χ1v) is 9.38. The number of aryl methyl sites for hydroxylation is 1. The van der Waals surface area contributed by atoms with Crippen LogP contribution in [0.1, 0.15) is 40.2 Å². The molecule has 29 heavy (non-hydrogen) atoms. The Morgan fingerprint density at radius 1 is 1.14 bits per heavy atom. The lowest BCUT2D eigenvalue weighted by Crippen LogP contribution is -2.58. The first-order valence-electron chi connectivity index (χ1n) is 9.38. The van der Waals surface area contributed by atoms with E-state index in [1.54, 1.807) is 20.8 Å². The van der Waals surface area contributed by atoms with Crippen molar-refractivity contribution in [3.05, 3.63) is 36.0 Å². The number of alkyl carbamates (subject to hydrolysis) is 1. The fraction of sp³-hybridized carbons (Fsp3) is 0.476. The number of rotatable bonds is 6. The average molecular weight is 403 g/mol. The number of amides is 2. The Morgan fingerprint density at radius 3 is 2.34 bits per heavy atom. The summed E-state index contributed by atoms with van der Waals surface area (Å²) >= 11 is 0. The van der Waals surface area contributed by atoms with Crippen LogP contribution >= 0.6 is 0 Å². The van der Waals surface area contributed by atoms with Crippen molar-refractivity contribution in [3.63, 3.8) is 0 Å². The second-order valence-electron chi connectivity index (χ2n) is 8.60. The highest BCUT2D eigenvalue weighted by Crippen LogP contribution is 2.22. The molecule has 0 aliphatic carbocycles. The molecule has 8 heteroatoms. The van der Waals surface area contributed by atoms with Crippen LogP contribution in [0, 0.1) is 0 Å². The molecule has 0 aliphatic rings. The first kappa shape index (κ1) is 22.3. The van der Waals surface area contributed by atoms with Crippen LogP contribution in [0.15, 0.2) is 30.5 Å². The van der Waals surface area contributed by atoms with E-state index in [2.05, 4.69) is 10.6 Å². The van der Waals surface area contributed by atoms with Crippen LogP contribution in [0.5, 0.6) is 0 Å². The maximum atomic E-state index is 12.7. The summed E-state index contributed by atoms with van der Waals surface area (Å²) in [5.41, 5.74) is -0.276. The summed E-state index contributed by atoms with van der Waals surface area (Å²) in [5, 5.41) is 15.6. The highest BCUT2D eigenvalue weighted by molar-refractivity contribution is 5.92. The van der Waals surface area contributed by atoms with Gasteiger partial charge < -0.3 is 25.0 Å². The van der Waals surface area contributed by atoms with Crippen LogP contribution in [-0.4, -0.2) is 44.8 Å². The molecule has 1 heterocycles. The van der Waals surface area contributed by atoms with Crippen LogP contribution in [0.3, 0.4) is 0 Å². The summed E-state index contributed by atoms with van der Waals surface area (Å²) in [5.74, 6) is -1.77. The number of aromatic nitrogens is 1. The van der Waals surface area contributed by atoms with Crippen LogP contribution in [-0.2, 0) is 27.8 Å². The molecule has 0 spiro atoms. The number of carbonyl (C=O) groups is 3. The smallest absolute Gasteiger partial charge is 0.408 e. The molecule has 1 atom stereocenters. The van der Waals surface area contributed by atoms with E-state index >= 15 is 0 Å². The molecule has 0 radical (unpaired) electrons. The lowest BCUT2D eigenvalue weighted by atomic mass is 10.0. The number of aliphatic carboxylic acids is 1. The van der Waals surface area contributed by atoms with Gasteiger partial charge in [0.05, 0.1) is 0 Å². The van der Waals surface area contributed by atoms with Gasteiger partial charge >= 0.3 is 12.1 Å². The molecule has 8 nitrogen and oxygen atoms in total. The molecule has 0 unspecified atom stereocenters. The Labute approximate surface area is 170 Å². The van der Waals surface area contributed by atoms with Crippen molar-refractivity contribution in [2.45, 2.75) is 58.2 Å². The quantitative estimate of drug-likeness (QED) is 0.687. The number of carbonyl (C=O) groups excluding carboxylic acids is 2.